The molecule has 132 valence electrons. The topological polar surface area (TPSA) is 85.5 Å². The van der Waals surface area contributed by atoms with Gasteiger partial charge in [0.2, 0.25) is 5.91 Å². The quantitative estimate of drug-likeness (QED) is 0.888. The van der Waals surface area contributed by atoms with Crippen LogP contribution in [0.15, 0.2) is 30.3 Å². The van der Waals surface area contributed by atoms with E-state index in [4.69, 9.17) is 10.5 Å². The lowest BCUT2D eigenvalue weighted by Crippen LogP contribution is -2.41. The largest absolute Gasteiger partial charge is 0.486 e. The highest BCUT2D eigenvalue weighted by Gasteiger charge is 2.28. The van der Waals surface area contributed by atoms with Crippen LogP contribution >= 0.6 is 11.3 Å². The number of aryl methyl sites for hydroxylation is 1. The van der Waals surface area contributed by atoms with Crippen LogP contribution in [0.3, 0.4) is 0 Å². The molecule has 0 radical (unpaired) electrons. The van der Waals surface area contributed by atoms with Gasteiger partial charge in [-0.15, -0.1) is 11.3 Å². The number of hydrogen-bond donors (Lipinski definition) is 1. The van der Waals surface area contributed by atoms with Crippen LogP contribution in [0.2, 0.25) is 0 Å². The predicted molar refractivity (Wildman–Crippen MR) is 95.4 cm³/mol. The number of hydrogen-bond acceptors (Lipinski definition) is 5. The second-order valence-electron chi connectivity index (χ2n) is 6.09. The molecule has 0 spiro atoms. The summed E-state index contributed by atoms with van der Waals surface area (Å²) in [6, 6.07) is 9.52. The second-order valence-corrected chi connectivity index (χ2v) is 7.18. The Bertz CT molecular complexity index is 752. The molecule has 1 aromatic carbocycles. The second kappa shape index (κ2) is 7.65. The number of amides is 2. The van der Waals surface area contributed by atoms with E-state index in [2.05, 4.69) is 4.98 Å². The van der Waals surface area contributed by atoms with Gasteiger partial charge in [-0.3, -0.25) is 9.59 Å². The number of carbonyl (C=O) groups is 2. The van der Waals surface area contributed by atoms with Crippen LogP contribution in [0.25, 0.3) is 0 Å². The maximum Gasteiger partial charge on any atom is 0.265 e. The van der Waals surface area contributed by atoms with E-state index in [1.165, 1.54) is 11.3 Å². The zero-order valence-corrected chi connectivity index (χ0v) is 14.9. The highest BCUT2D eigenvalue weighted by Crippen LogP contribution is 2.24. The first-order chi connectivity index (χ1) is 12.0. The van der Waals surface area contributed by atoms with E-state index in [0.717, 1.165) is 16.5 Å². The Hall–Kier alpha value is -2.41. The molecule has 2 amide bonds. The number of rotatable bonds is 5. The van der Waals surface area contributed by atoms with Crippen molar-refractivity contribution >= 4 is 23.2 Å². The van der Waals surface area contributed by atoms with Gasteiger partial charge in [0.05, 0.1) is 5.69 Å². The van der Waals surface area contributed by atoms with Crippen molar-refractivity contribution in [3.8, 4) is 5.75 Å². The molecule has 1 aromatic heterocycles. The summed E-state index contributed by atoms with van der Waals surface area (Å²) in [5.41, 5.74) is 6.07. The van der Waals surface area contributed by atoms with E-state index in [0.29, 0.717) is 37.4 Å². The van der Waals surface area contributed by atoms with Gasteiger partial charge in [0.25, 0.3) is 5.91 Å². The molecular weight excluding hydrogens is 338 g/mol. The van der Waals surface area contributed by atoms with Crippen LogP contribution in [-0.4, -0.2) is 34.8 Å². The van der Waals surface area contributed by atoms with Gasteiger partial charge in [-0.25, -0.2) is 4.98 Å². The van der Waals surface area contributed by atoms with Crippen molar-refractivity contribution in [3.63, 3.8) is 0 Å². The minimum Gasteiger partial charge on any atom is -0.486 e. The maximum absolute atomic E-state index is 12.7. The van der Waals surface area contributed by atoms with Crippen molar-refractivity contribution in [2.24, 2.45) is 11.7 Å². The number of thiazole rings is 1. The number of aromatic nitrogens is 1. The fourth-order valence-electron chi connectivity index (χ4n) is 2.88. The first-order valence-electron chi connectivity index (χ1n) is 8.27. The molecule has 6 nitrogen and oxygen atoms in total. The Morgan fingerprint density at radius 3 is 2.60 bits per heavy atom. The first-order valence-corrected chi connectivity index (χ1v) is 9.09. The number of primary amides is 1. The Labute approximate surface area is 150 Å². The zero-order chi connectivity index (χ0) is 17.8. The van der Waals surface area contributed by atoms with Gasteiger partial charge in [-0.2, -0.15) is 0 Å². The normalized spacial score (nSPS) is 15.2. The third kappa shape index (κ3) is 4.17. The first kappa shape index (κ1) is 17.4. The number of nitrogens with zero attached hydrogens (tertiary/aromatic N) is 2. The Morgan fingerprint density at radius 2 is 1.96 bits per heavy atom. The third-order valence-corrected chi connectivity index (χ3v) is 5.44. The summed E-state index contributed by atoms with van der Waals surface area (Å²) in [6.45, 7) is 3.29. The fraction of sp³-hybridized carbons (Fsp3) is 0.389. The standard InChI is InChI=1S/C18H21N3O3S/c1-12-16(18(23)21-9-7-13(8-10-21)17(19)22)25-15(20-12)11-24-14-5-3-2-4-6-14/h2-6,13H,7-11H2,1H3,(H2,19,22). The number of ether oxygens (including phenoxy) is 1. The van der Waals surface area contributed by atoms with Gasteiger partial charge in [0, 0.05) is 19.0 Å². The predicted octanol–water partition coefficient (Wildman–Crippen LogP) is 2.37. The molecule has 2 aromatic rings. The molecule has 0 bridgehead atoms. The summed E-state index contributed by atoms with van der Waals surface area (Å²) < 4.78 is 5.70. The number of nitrogens with two attached hydrogens (primary N) is 1. The molecule has 1 saturated heterocycles. The molecule has 3 rings (SSSR count). The van der Waals surface area contributed by atoms with Gasteiger partial charge < -0.3 is 15.4 Å². The summed E-state index contributed by atoms with van der Waals surface area (Å²) in [6.07, 6.45) is 1.26. The van der Waals surface area contributed by atoms with Crippen LogP contribution in [-0.2, 0) is 11.4 Å². The summed E-state index contributed by atoms with van der Waals surface area (Å²) in [5.74, 6) is 0.350. The Morgan fingerprint density at radius 1 is 1.28 bits per heavy atom. The fourth-order valence-corrected chi connectivity index (χ4v) is 3.83. The van der Waals surface area contributed by atoms with Gasteiger partial charge in [-0.1, -0.05) is 18.2 Å². The van der Waals surface area contributed by atoms with Crippen molar-refractivity contribution in [3.05, 3.63) is 45.9 Å². The van der Waals surface area contributed by atoms with Crippen molar-refractivity contribution in [2.45, 2.75) is 26.4 Å². The summed E-state index contributed by atoms with van der Waals surface area (Å²) >= 11 is 1.37. The van der Waals surface area contributed by atoms with Crippen molar-refractivity contribution in [2.75, 3.05) is 13.1 Å². The van der Waals surface area contributed by atoms with E-state index < -0.39 is 0 Å². The Balaban J connectivity index is 1.62. The van der Waals surface area contributed by atoms with Crippen molar-refractivity contribution in [1.82, 2.24) is 9.88 Å². The van der Waals surface area contributed by atoms with Crippen LogP contribution < -0.4 is 10.5 Å². The molecule has 2 N–H and O–H groups in total. The molecule has 0 atom stereocenters. The monoisotopic (exact) mass is 359 g/mol. The third-order valence-electron chi connectivity index (χ3n) is 4.33. The van der Waals surface area contributed by atoms with Gasteiger partial charge in [0.15, 0.2) is 0 Å². The molecule has 25 heavy (non-hydrogen) atoms. The molecule has 0 unspecified atom stereocenters. The van der Waals surface area contributed by atoms with Crippen LogP contribution in [0.1, 0.15) is 33.2 Å². The molecule has 1 aliphatic rings. The smallest absolute Gasteiger partial charge is 0.265 e. The average Bonchev–Trinajstić information content (AvgIpc) is 3.01. The molecule has 0 aliphatic carbocycles. The molecule has 7 heteroatoms. The van der Waals surface area contributed by atoms with Crippen molar-refractivity contribution in [1.29, 1.82) is 0 Å². The van der Waals surface area contributed by atoms with Crippen LogP contribution in [0.5, 0.6) is 5.75 Å². The highest BCUT2D eigenvalue weighted by molar-refractivity contribution is 7.13. The number of piperidine rings is 1. The minimum absolute atomic E-state index is 0.0242. The Kier molecular flexibility index (Phi) is 5.33. The van der Waals surface area contributed by atoms with Crippen LogP contribution in [0.4, 0.5) is 0 Å². The molecule has 1 fully saturated rings. The lowest BCUT2D eigenvalue weighted by molar-refractivity contribution is -0.123. The lowest BCUT2D eigenvalue weighted by atomic mass is 9.96. The zero-order valence-electron chi connectivity index (χ0n) is 14.1. The van der Waals surface area contributed by atoms with E-state index >= 15 is 0 Å². The molecule has 1 aliphatic heterocycles. The van der Waals surface area contributed by atoms with Crippen molar-refractivity contribution < 1.29 is 14.3 Å². The molecule has 2 heterocycles. The van der Waals surface area contributed by atoms with E-state index in [9.17, 15) is 9.59 Å². The van der Waals surface area contributed by atoms with Crippen LogP contribution in [0, 0.1) is 12.8 Å². The summed E-state index contributed by atoms with van der Waals surface area (Å²) in [4.78, 5) is 30.8. The number of benzene rings is 1. The number of para-hydroxylation sites is 1. The van der Waals surface area contributed by atoms with E-state index in [1.807, 2.05) is 37.3 Å². The highest BCUT2D eigenvalue weighted by atomic mass is 32.1. The SMILES string of the molecule is Cc1nc(COc2ccccc2)sc1C(=O)N1CCC(C(N)=O)CC1. The summed E-state index contributed by atoms with van der Waals surface area (Å²) in [7, 11) is 0. The summed E-state index contributed by atoms with van der Waals surface area (Å²) in [5, 5.41) is 0.775. The maximum atomic E-state index is 12.7. The number of carbonyl (C=O) groups excluding carboxylic acids is 2. The van der Waals surface area contributed by atoms with Gasteiger partial charge in [0.1, 0.15) is 22.2 Å². The van der Waals surface area contributed by atoms with Gasteiger partial charge in [-0.05, 0) is 31.9 Å². The molecule has 0 saturated carbocycles. The van der Waals surface area contributed by atoms with Gasteiger partial charge >= 0.3 is 0 Å². The molecular formula is C18H21N3O3S. The minimum atomic E-state index is -0.276. The number of likely N-dealkylation sites (tertiary alicyclic amines) is 1. The van der Waals surface area contributed by atoms with E-state index in [1.54, 1.807) is 4.90 Å². The lowest BCUT2D eigenvalue weighted by Gasteiger charge is -2.30. The average molecular weight is 359 g/mol. The van der Waals surface area contributed by atoms with E-state index in [-0.39, 0.29) is 17.7 Å².